The van der Waals surface area contributed by atoms with Gasteiger partial charge in [-0.15, -0.1) is 0 Å². The van der Waals surface area contributed by atoms with Crippen LogP contribution in [0.5, 0.6) is 0 Å². The van der Waals surface area contributed by atoms with Crippen LogP contribution in [0.3, 0.4) is 0 Å². The van der Waals surface area contributed by atoms with Gasteiger partial charge in [0.15, 0.2) is 0 Å². The molecule has 13 heavy (non-hydrogen) atoms. The molecule has 2 heterocycles. The number of carboxylic acids is 1. The van der Waals surface area contributed by atoms with E-state index in [1.807, 2.05) is 0 Å². The SMILES string of the molecule is O=C(O)C1Cc2cc(F)cnc2N1. The van der Waals surface area contributed by atoms with Crippen LogP contribution in [0.1, 0.15) is 5.56 Å². The predicted molar refractivity (Wildman–Crippen MR) is 42.9 cm³/mol. The minimum atomic E-state index is -0.946. The first-order valence-electron chi connectivity index (χ1n) is 3.80. The van der Waals surface area contributed by atoms with E-state index in [1.54, 1.807) is 0 Å². The maximum absolute atomic E-state index is 12.7. The molecule has 5 heteroatoms. The Morgan fingerprint density at radius 2 is 2.54 bits per heavy atom. The number of nitrogens with one attached hydrogen (secondary N) is 1. The van der Waals surface area contributed by atoms with E-state index in [1.165, 1.54) is 6.07 Å². The Hall–Kier alpha value is -1.65. The second kappa shape index (κ2) is 2.69. The molecule has 1 aromatic rings. The van der Waals surface area contributed by atoms with E-state index in [2.05, 4.69) is 10.3 Å². The van der Waals surface area contributed by atoms with E-state index in [4.69, 9.17) is 5.11 Å². The Morgan fingerprint density at radius 1 is 1.77 bits per heavy atom. The molecule has 1 atom stereocenters. The molecule has 0 aromatic carbocycles. The Kier molecular flexibility index (Phi) is 1.65. The number of anilines is 1. The maximum atomic E-state index is 12.7. The molecule has 1 unspecified atom stereocenters. The number of hydrogen-bond donors (Lipinski definition) is 2. The molecule has 2 N–H and O–H groups in total. The molecular formula is C8H7FN2O2. The molecule has 4 nitrogen and oxygen atoms in total. The molecule has 0 spiro atoms. The molecule has 1 aromatic heterocycles. The maximum Gasteiger partial charge on any atom is 0.326 e. The fourth-order valence-electron chi connectivity index (χ4n) is 1.35. The number of fused-ring (bicyclic) bond motifs is 1. The molecule has 0 aliphatic carbocycles. The van der Waals surface area contributed by atoms with Gasteiger partial charge in [-0.1, -0.05) is 0 Å². The summed E-state index contributed by atoms with van der Waals surface area (Å²) in [5.41, 5.74) is 0.618. The number of aliphatic carboxylic acids is 1. The summed E-state index contributed by atoms with van der Waals surface area (Å²) >= 11 is 0. The lowest BCUT2D eigenvalue weighted by molar-refractivity contribution is -0.137. The molecule has 0 fully saturated rings. The van der Waals surface area contributed by atoms with Crippen LogP contribution in [0.15, 0.2) is 12.3 Å². The lowest BCUT2D eigenvalue weighted by Crippen LogP contribution is -2.26. The monoisotopic (exact) mass is 182 g/mol. The summed E-state index contributed by atoms with van der Waals surface area (Å²) in [7, 11) is 0. The van der Waals surface area contributed by atoms with Crippen LogP contribution in [0.2, 0.25) is 0 Å². The van der Waals surface area contributed by atoms with E-state index in [0.29, 0.717) is 11.4 Å². The first-order valence-corrected chi connectivity index (χ1v) is 3.80. The Morgan fingerprint density at radius 3 is 3.23 bits per heavy atom. The highest BCUT2D eigenvalue weighted by atomic mass is 19.1. The van der Waals surface area contributed by atoms with E-state index in [9.17, 15) is 9.18 Å². The zero-order valence-electron chi connectivity index (χ0n) is 6.62. The quantitative estimate of drug-likeness (QED) is 0.669. The van der Waals surface area contributed by atoms with Crippen molar-refractivity contribution in [2.45, 2.75) is 12.5 Å². The Balaban J connectivity index is 2.30. The average molecular weight is 182 g/mol. The molecule has 0 saturated heterocycles. The van der Waals surface area contributed by atoms with Crippen LogP contribution in [0, 0.1) is 5.82 Å². The van der Waals surface area contributed by atoms with E-state index in [0.717, 1.165) is 6.20 Å². The first-order chi connectivity index (χ1) is 6.16. The summed E-state index contributed by atoms with van der Waals surface area (Å²) in [5.74, 6) is -0.918. The van der Waals surface area contributed by atoms with Crippen molar-refractivity contribution in [2.24, 2.45) is 0 Å². The van der Waals surface area contributed by atoms with Crippen molar-refractivity contribution in [3.63, 3.8) is 0 Å². The summed E-state index contributed by atoms with van der Waals surface area (Å²) < 4.78 is 12.7. The number of carboxylic acid groups (broad SMARTS) is 1. The summed E-state index contributed by atoms with van der Waals surface area (Å²) in [6, 6.07) is 0.627. The topological polar surface area (TPSA) is 62.2 Å². The molecule has 0 amide bonds. The van der Waals surface area contributed by atoms with Crippen LogP contribution in [-0.2, 0) is 11.2 Å². The van der Waals surface area contributed by atoms with Crippen molar-refractivity contribution in [3.8, 4) is 0 Å². The number of nitrogens with zero attached hydrogens (tertiary/aromatic N) is 1. The zero-order valence-corrected chi connectivity index (χ0v) is 6.62. The van der Waals surface area contributed by atoms with Gasteiger partial charge in [0, 0.05) is 12.0 Å². The normalized spacial score (nSPS) is 19.3. The van der Waals surface area contributed by atoms with Gasteiger partial charge >= 0.3 is 5.97 Å². The standard InChI is InChI=1S/C8H7FN2O2/c9-5-1-4-2-6(8(12)13)11-7(4)10-3-5/h1,3,6H,2H2,(H,10,11)(H,12,13). The lowest BCUT2D eigenvalue weighted by Gasteiger charge is -2.02. The van der Waals surface area contributed by atoms with Crippen LogP contribution in [0.4, 0.5) is 10.2 Å². The molecule has 1 aliphatic heterocycles. The fourth-order valence-corrected chi connectivity index (χ4v) is 1.35. The highest BCUT2D eigenvalue weighted by Crippen LogP contribution is 2.23. The molecule has 2 rings (SSSR count). The van der Waals surface area contributed by atoms with Gasteiger partial charge in [-0.05, 0) is 6.07 Å². The van der Waals surface area contributed by atoms with Crippen molar-refractivity contribution >= 4 is 11.8 Å². The van der Waals surface area contributed by atoms with E-state index < -0.39 is 17.8 Å². The number of pyridine rings is 1. The van der Waals surface area contributed by atoms with Crippen LogP contribution < -0.4 is 5.32 Å². The third-order valence-corrected chi connectivity index (χ3v) is 1.97. The second-order valence-corrected chi connectivity index (χ2v) is 2.90. The summed E-state index contributed by atoms with van der Waals surface area (Å²) in [6.07, 6.45) is 1.35. The third-order valence-electron chi connectivity index (χ3n) is 1.97. The number of carbonyl (C=O) groups is 1. The minimum Gasteiger partial charge on any atom is -0.480 e. The first kappa shape index (κ1) is 7.97. The van der Waals surface area contributed by atoms with Gasteiger partial charge in [-0.25, -0.2) is 14.2 Å². The number of hydrogen-bond acceptors (Lipinski definition) is 3. The molecule has 1 aliphatic rings. The van der Waals surface area contributed by atoms with Crippen LogP contribution >= 0.6 is 0 Å². The summed E-state index contributed by atoms with van der Waals surface area (Å²) in [6.45, 7) is 0. The number of rotatable bonds is 1. The highest BCUT2D eigenvalue weighted by Gasteiger charge is 2.27. The van der Waals surface area contributed by atoms with Crippen molar-refractivity contribution < 1.29 is 14.3 Å². The molecular weight excluding hydrogens is 175 g/mol. The van der Waals surface area contributed by atoms with Crippen molar-refractivity contribution in [3.05, 3.63) is 23.6 Å². The number of aromatic nitrogens is 1. The Labute approximate surface area is 73.4 Å². The van der Waals surface area contributed by atoms with Crippen LogP contribution in [-0.4, -0.2) is 22.1 Å². The van der Waals surface area contributed by atoms with E-state index in [-0.39, 0.29) is 6.42 Å². The van der Waals surface area contributed by atoms with Crippen molar-refractivity contribution in [1.82, 2.24) is 4.98 Å². The zero-order chi connectivity index (χ0) is 9.42. The summed E-state index contributed by atoms with van der Waals surface area (Å²) in [4.78, 5) is 14.3. The third kappa shape index (κ3) is 1.32. The molecule has 68 valence electrons. The fraction of sp³-hybridized carbons (Fsp3) is 0.250. The van der Waals surface area contributed by atoms with Gasteiger partial charge in [-0.2, -0.15) is 0 Å². The largest absolute Gasteiger partial charge is 0.480 e. The van der Waals surface area contributed by atoms with Gasteiger partial charge in [0.25, 0.3) is 0 Å². The Bertz CT molecular complexity index is 367. The predicted octanol–water partition coefficient (Wildman–Crippen LogP) is 0.642. The van der Waals surface area contributed by atoms with Gasteiger partial charge in [0.05, 0.1) is 6.20 Å². The number of halogens is 1. The van der Waals surface area contributed by atoms with Gasteiger partial charge < -0.3 is 10.4 Å². The van der Waals surface area contributed by atoms with Gasteiger partial charge in [0.2, 0.25) is 0 Å². The minimum absolute atomic E-state index is 0.287. The average Bonchev–Trinajstić information content (AvgIpc) is 2.46. The lowest BCUT2D eigenvalue weighted by atomic mass is 10.1. The van der Waals surface area contributed by atoms with Gasteiger partial charge in [0.1, 0.15) is 17.7 Å². The van der Waals surface area contributed by atoms with Gasteiger partial charge in [-0.3, -0.25) is 0 Å². The summed E-state index contributed by atoms with van der Waals surface area (Å²) in [5, 5.41) is 11.4. The molecule has 0 bridgehead atoms. The smallest absolute Gasteiger partial charge is 0.326 e. The molecule has 0 saturated carbocycles. The van der Waals surface area contributed by atoms with Crippen molar-refractivity contribution in [1.29, 1.82) is 0 Å². The van der Waals surface area contributed by atoms with Crippen LogP contribution in [0.25, 0.3) is 0 Å². The molecule has 0 radical (unpaired) electrons. The second-order valence-electron chi connectivity index (χ2n) is 2.90. The van der Waals surface area contributed by atoms with E-state index >= 15 is 0 Å². The van der Waals surface area contributed by atoms with Crippen molar-refractivity contribution in [2.75, 3.05) is 5.32 Å². The highest BCUT2D eigenvalue weighted by molar-refractivity contribution is 5.80.